The number of ether oxygens (including phenoxy) is 1. The van der Waals surface area contributed by atoms with Gasteiger partial charge in [-0.25, -0.2) is 4.79 Å². The van der Waals surface area contributed by atoms with Crippen molar-refractivity contribution in [1.29, 1.82) is 5.26 Å². The molecule has 2 aromatic carbocycles. The Morgan fingerprint density at radius 1 is 1.25 bits per heavy atom. The minimum atomic E-state index is -0.464. The highest BCUT2D eigenvalue weighted by Gasteiger charge is 2.14. The summed E-state index contributed by atoms with van der Waals surface area (Å²) in [4.78, 5) is 11.7. The molecule has 5 nitrogen and oxygen atoms in total. The third-order valence-electron chi connectivity index (χ3n) is 2.79. The highest BCUT2D eigenvalue weighted by atomic mass is 16.5. The molecule has 0 atom stereocenters. The van der Waals surface area contributed by atoms with E-state index in [9.17, 15) is 4.79 Å². The van der Waals surface area contributed by atoms with Gasteiger partial charge in [0.05, 0.1) is 35.7 Å². The largest absolute Gasteiger partial charge is 0.465 e. The minimum absolute atomic E-state index is 0.358. The summed E-state index contributed by atoms with van der Waals surface area (Å²) in [5.41, 5.74) is 8.47. The molecular formula is C15H13N3O2. The molecule has 0 aliphatic heterocycles. The smallest absolute Gasteiger partial charge is 0.340 e. The maximum Gasteiger partial charge on any atom is 0.340 e. The number of nitrogens with two attached hydrogens (primary N) is 1. The summed E-state index contributed by atoms with van der Waals surface area (Å²) >= 11 is 0. The van der Waals surface area contributed by atoms with Gasteiger partial charge in [-0.3, -0.25) is 0 Å². The lowest BCUT2D eigenvalue weighted by atomic mass is 10.1. The number of rotatable bonds is 3. The Labute approximate surface area is 116 Å². The van der Waals surface area contributed by atoms with Gasteiger partial charge < -0.3 is 15.8 Å². The SMILES string of the molecule is COC(=O)c1cccc(N)c1Nc1ccc(C#N)cc1. The van der Waals surface area contributed by atoms with Crippen LogP contribution in [0.3, 0.4) is 0 Å². The number of anilines is 3. The number of hydrogen-bond acceptors (Lipinski definition) is 5. The normalized spacial score (nSPS) is 9.60. The van der Waals surface area contributed by atoms with Crippen molar-refractivity contribution < 1.29 is 9.53 Å². The van der Waals surface area contributed by atoms with Gasteiger partial charge in [0.1, 0.15) is 0 Å². The Bertz CT molecular complexity index is 673. The summed E-state index contributed by atoms with van der Waals surface area (Å²) in [5.74, 6) is -0.464. The van der Waals surface area contributed by atoms with Crippen LogP contribution in [0.25, 0.3) is 0 Å². The number of para-hydroxylation sites is 1. The van der Waals surface area contributed by atoms with E-state index in [1.807, 2.05) is 6.07 Å². The predicted octanol–water partition coefficient (Wildman–Crippen LogP) is 2.67. The molecule has 100 valence electrons. The van der Waals surface area contributed by atoms with E-state index in [1.165, 1.54) is 7.11 Å². The lowest BCUT2D eigenvalue weighted by Crippen LogP contribution is -2.07. The summed E-state index contributed by atoms with van der Waals surface area (Å²) < 4.78 is 4.73. The van der Waals surface area contributed by atoms with Crippen molar-refractivity contribution in [2.24, 2.45) is 0 Å². The van der Waals surface area contributed by atoms with Crippen LogP contribution < -0.4 is 11.1 Å². The van der Waals surface area contributed by atoms with Crippen molar-refractivity contribution in [3.63, 3.8) is 0 Å². The maximum absolute atomic E-state index is 11.7. The third-order valence-corrected chi connectivity index (χ3v) is 2.79. The van der Waals surface area contributed by atoms with Crippen LogP contribution in [-0.4, -0.2) is 13.1 Å². The van der Waals surface area contributed by atoms with E-state index in [4.69, 9.17) is 15.7 Å². The highest BCUT2D eigenvalue weighted by Crippen LogP contribution is 2.28. The molecule has 0 fully saturated rings. The summed E-state index contributed by atoms with van der Waals surface area (Å²) in [6.45, 7) is 0. The second kappa shape index (κ2) is 5.76. The van der Waals surface area contributed by atoms with Crippen molar-refractivity contribution in [3.8, 4) is 6.07 Å². The molecule has 0 amide bonds. The number of nitrogens with zero attached hydrogens (tertiary/aromatic N) is 1. The van der Waals surface area contributed by atoms with Gasteiger partial charge in [0, 0.05) is 5.69 Å². The van der Waals surface area contributed by atoms with Crippen molar-refractivity contribution in [1.82, 2.24) is 0 Å². The van der Waals surface area contributed by atoms with Crippen molar-refractivity contribution in [2.45, 2.75) is 0 Å². The fraction of sp³-hybridized carbons (Fsp3) is 0.0667. The van der Waals surface area contributed by atoms with Gasteiger partial charge in [0.2, 0.25) is 0 Å². The van der Waals surface area contributed by atoms with Crippen molar-refractivity contribution in [3.05, 3.63) is 53.6 Å². The summed E-state index contributed by atoms with van der Waals surface area (Å²) in [6, 6.07) is 13.9. The predicted molar refractivity (Wildman–Crippen MR) is 76.6 cm³/mol. The number of nitrogen functional groups attached to an aromatic ring is 1. The molecule has 0 aliphatic rings. The standard InChI is InChI=1S/C15H13N3O2/c1-20-15(19)12-3-2-4-13(17)14(12)18-11-7-5-10(9-16)6-8-11/h2-8,18H,17H2,1H3. The maximum atomic E-state index is 11.7. The molecule has 0 bridgehead atoms. The first-order chi connectivity index (χ1) is 9.65. The Balaban J connectivity index is 2.37. The molecule has 2 rings (SSSR count). The number of hydrogen-bond donors (Lipinski definition) is 2. The fourth-order valence-electron chi connectivity index (χ4n) is 1.76. The number of esters is 1. The molecule has 0 heterocycles. The minimum Gasteiger partial charge on any atom is -0.465 e. The number of carbonyl (C=O) groups is 1. The average molecular weight is 267 g/mol. The fourth-order valence-corrected chi connectivity index (χ4v) is 1.76. The molecule has 0 spiro atoms. The van der Waals surface area contributed by atoms with Crippen molar-refractivity contribution >= 4 is 23.0 Å². The molecule has 20 heavy (non-hydrogen) atoms. The van der Waals surface area contributed by atoms with Crippen LogP contribution in [0.15, 0.2) is 42.5 Å². The quantitative estimate of drug-likeness (QED) is 0.659. The third kappa shape index (κ3) is 2.70. The topological polar surface area (TPSA) is 88.1 Å². The zero-order chi connectivity index (χ0) is 14.5. The van der Waals surface area contributed by atoms with E-state index in [2.05, 4.69) is 5.32 Å². The van der Waals surface area contributed by atoms with E-state index in [1.54, 1.807) is 42.5 Å². The number of nitriles is 1. The first-order valence-electron chi connectivity index (χ1n) is 5.89. The lowest BCUT2D eigenvalue weighted by Gasteiger charge is -2.13. The Morgan fingerprint density at radius 2 is 1.95 bits per heavy atom. The van der Waals surface area contributed by atoms with E-state index < -0.39 is 5.97 Å². The molecule has 0 saturated carbocycles. The summed E-state index contributed by atoms with van der Waals surface area (Å²) in [7, 11) is 1.32. The Morgan fingerprint density at radius 3 is 2.55 bits per heavy atom. The molecule has 0 saturated heterocycles. The average Bonchev–Trinajstić information content (AvgIpc) is 2.49. The zero-order valence-electron chi connectivity index (χ0n) is 10.9. The van der Waals surface area contributed by atoms with Crippen LogP contribution in [0.2, 0.25) is 0 Å². The van der Waals surface area contributed by atoms with Gasteiger partial charge in [-0.2, -0.15) is 5.26 Å². The van der Waals surface area contributed by atoms with E-state index in [-0.39, 0.29) is 0 Å². The highest BCUT2D eigenvalue weighted by molar-refractivity contribution is 5.99. The molecule has 3 N–H and O–H groups in total. The number of nitrogens with one attached hydrogen (secondary N) is 1. The molecule has 0 aliphatic carbocycles. The zero-order valence-corrected chi connectivity index (χ0v) is 10.9. The van der Waals surface area contributed by atoms with Gasteiger partial charge in [0.15, 0.2) is 0 Å². The number of carbonyl (C=O) groups excluding carboxylic acids is 1. The summed E-state index contributed by atoms with van der Waals surface area (Å²) in [6.07, 6.45) is 0. The molecule has 0 radical (unpaired) electrons. The van der Waals surface area contributed by atoms with Crippen LogP contribution in [0.5, 0.6) is 0 Å². The van der Waals surface area contributed by atoms with Gasteiger partial charge in [-0.1, -0.05) is 6.07 Å². The first-order valence-corrected chi connectivity index (χ1v) is 5.89. The number of methoxy groups -OCH3 is 1. The van der Waals surface area contributed by atoms with Gasteiger partial charge in [-0.05, 0) is 36.4 Å². The molecular weight excluding hydrogens is 254 g/mol. The van der Waals surface area contributed by atoms with Crippen LogP contribution in [0, 0.1) is 11.3 Å². The molecule has 0 unspecified atom stereocenters. The summed E-state index contributed by atoms with van der Waals surface area (Å²) in [5, 5.41) is 11.8. The Hall–Kier alpha value is -3.00. The van der Waals surface area contributed by atoms with Crippen LogP contribution in [-0.2, 0) is 4.74 Å². The van der Waals surface area contributed by atoms with Crippen LogP contribution in [0.1, 0.15) is 15.9 Å². The monoisotopic (exact) mass is 267 g/mol. The first kappa shape index (κ1) is 13.4. The second-order valence-electron chi connectivity index (χ2n) is 4.08. The van der Waals surface area contributed by atoms with Gasteiger partial charge in [-0.15, -0.1) is 0 Å². The van der Waals surface area contributed by atoms with Crippen LogP contribution in [0.4, 0.5) is 17.1 Å². The molecule has 0 aromatic heterocycles. The van der Waals surface area contributed by atoms with Gasteiger partial charge in [0.25, 0.3) is 0 Å². The lowest BCUT2D eigenvalue weighted by molar-refractivity contribution is 0.0602. The Kier molecular flexibility index (Phi) is 3.87. The number of benzene rings is 2. The van der Waals surface area contributed by atoms with E-state index >= 15 is 0 Å². The molecule has 5 heteroatoms. The van der Waals surface area contributed by atoms with Crippen LogP contribution >= 0.6 is 0 Å². The van der Waals surface area contributed by atoms with Gasteiger partial charge >= 0.3 is 5.97 Å². The van der Waals surface area contributed by atoms with E-state index in [0.29, 0.717) is 22.5 Å². The van der Waals surface area contributed by atoms with Crippen molar-refractivity contribution in [2.75, 3.05) is 18.2 Å². The molecule has 2 aromatic rings. The second-order valence-corrected chi connectivity index (χ2v) is 4.08. The van der Waals surface area contributed by atoms with E-state index in [0.717, 1.165) is 5.69 Å².